The van der Waals surface area contributed by atoms with Crippen molar-refractivity contribution in [1.82, 2.24) is 24.3 Å². The van der Waals surface area contributed by atoms with Gasteiger partial charge < -0.3 is 4.98 Å². The summed E-state index contributed by atoms with van der Waals surface area (Å²) in [4.78, 5) is 15.2. The van der Waals surface area contributed by atoms with Crippen molar-refractivity contribution in [3.63, 3.8) is 0 Å². The summed E-state index contributed by atoms with van der Waals surface area (Å²) in [6, 6.07) is 9.01. The van der Waals surface area contributed by atoms with Gasteiger partial charge in [-0.05, 0) is 64.8 Å². The number of aryl methyl sites for hydroxylation is 1. The maximum absolute atomic E-state index is 13.7. The van der Waals surface area contributed by atoms with Crippen LogP contribution in [0.15, 0.2) is 52.6 Å². The van der Waals surface area contributed by atoms with Gasteiger partial charge >= 0.3 is 0 Å². The number of nitrogens with zero attached hydrogens (tertiary/aromatic N) is 4. The lowest BCUT2D eigenvalue weighted by Gasteiger charge is -2.41. The van der Waals surface area contributed by atoms with E-state index >= 15 is 0 Å². The number of H-pyrrole nitrogens is 1. The van der Waals surface area contributed by atoms with E-state index in [2.05, 4.69) is 35.6 Å². The molecule has 1 atom stereocenters. The predicted molar refractivity (Wildman–Crippen MR) is 125 cm³/mol. The Morgan fingerprint density at radius 3 is 2.66 bits per heavy atom. The number of aromatic amines is 1. The normalized spacial score (nSPS) is 18.6. The summed E-state index contributed by atoms with van der Waals surface area (Å²) in [6.07, 6.45) is 5.49. The van der Waals surface area contributed by atoms with E-state index < -0.39 is 9.84 Å². The number of hydrogen-bond donors (Lipinski definition) is 1. The molecule has 1 aromatic carbocycles. The summed E-state index contributed by atoms with van der Waals surface area (Å²) >= 11 is 0. The average molecular weight is 452 g/mol. The topological polar surface area (TPSA) is 83.4 Å². The number of sulfone groups is 1. The van der Waals surface area contributed by atoms with Gasteiger partial charge in [0.05, 0.1) is 16.6 Å². The Morgan fingerprint density at radius 2 is 1.91 bits per heavy atom. The third kappa shape index (κ3) is 3.33. The van der Waals surface area contributed by atoms with Crippen LogP contribution in [0.5, 0.6) is 0 Å². The Bertz CT molecular complexity index is 1410. The van der Waals surface area contributed by atoms with E-state index in [0.717, 1.165) is 42.9 Å². The van der Waals surface area contributed by atoms with Crippen LogP contribution >= 0.6 is 0 Å². The summed E-state index contributed by atoms with van der Waals surface area (Å²) in [5.74, 6) is 0.935. The maximum atomic E-state index is 13.7. The summed E-state index contributed by atoms with van der Waals surface area (Å²) in [5, 5.41) is 0.0882. The van der Waals surface area contributed by atoms with E-state index in [0.29, 0.717) is 16.0 Å². The molecule has 3 aromatic heterocycles. The molecule has 1 fully saturated rings. The first-order chi connectivity index (χ1) is 15.2. The van der Waals surface area contributed by atoms with Gasteiger partial charge in [-0.3, -0.25) is 9.30 Å². The Morgan fingerprint density at radius 1 is 1.12 bits per heavy atom. The predicted octanol–water partition coefficient (Wildman–Crippen LogP) is 4.33. The van der Waals surface area contributed by atoms with Crippen molar-refractivity contribution < 1.29 is 8.42 Å². The molecule has 4 aromatic rings. The Kier molecular flexibility index (Phi) is 4.90. The van der Waals surface area contributed by atoms with Crippen LogP contribution in [-0.2, 0) is 9.84 Å². The van der Waals surface area contributed by atoms with Gasteiger partial charge in [0.25, 0.3) is 0 Å². The van der Waals surface area contributed by atoms with Crippen LogP contribution in [0.4, 0.5) is 0 Å². The first kappa shape index (κ1) is 21.2. The molecule has 4 heterocycles. The van der Waals surface area contributed by atoms with Crippen molar-refractivity contribution in [2.75, 3.05) is 13.1 Å². The van der Waals surface area contributed by atoms with E-state index in [1.165, 1.54) is 0 Å². The Labute approximate surface area is 188 Å². The third-order valence-corrected chi connectivity index (χ3v) is 8.39. The van der Waals surface area contributed by atoms with Crippen molar-refractivity contribution in [3.8, 4) is 0 Å². The second-order valence-corrected chi connectivity index (χ2v) is 11.5. The molecule has 1 N–H and O–H groups in total. The number of nitrogens with one attached hydrogen (secondary N) is 1. The summed E-state index contributed by atoms with van der Waals surface area (Å²) < 4.78 is 29.5. The average Bonchev–Trinajstić information content (AvgIpc) is 3.38. The van der Waals surface area contributed by atoms with Crippen LogP contribution in [0.2, 0.25) is 0 Å². The zero-order chi connectivity index (χ0) is 22.7. The van der Waals surface area contributed by atoms with Crippen LogP contribution < -0.4 is 0 Å². The molecular weight excluding hydrogens is 422 g/mol. The molecule has 1 aliphatic rings. The molecule has 0 spiro atoms. The lowest BCUT2D eigenvalue weighted by molar-refractivity contribution is 0.0967. The van der Waals surface area contributed by atoms with E-state index in [4.69, 9.17) is 4.98 Å². The van der Waals surface area contributed by atoms with Crippen molar-refractivity contribution in [3.05, 3.63) is 54.1 Å². The highest BCUT2D eigenvalue weighted by atomic mass is 32.2. The van der Waals surface area contributed by atoms with Crippen molar-refractivity contribution in [2.24, 2.45) is 0 Å². The van der Waals surface area contributed by atoms with Crippen LogP contribution in [0, 0.1) is 6.92 Å². The minimum atomic E-state index is -3.80. The fourth-order valence-corrected chi connectivity index (χ4v) is 6.38. The maximum Gasteiger partial charge on any atom is 0.226 e. The quantitative estimate of drug-likeness (QED) is 0.501. The number of likely N-dealkylation sites (tertiary alicyclic amines) is 1. The zero-order valence-corrected chi connectivity index (χ0v) is 19.8. The van der Waals surface area contributed by atoms with Crippen molar-refractivity contribution in [2.45, 2.75) is 61.9 Å². The molecule has 8 heteroatoms. The Balaban J connectivity index is 1.74. The number of rotatable bonds is 3. The van der Waals surface area contributed by atoms with Gasteiger partial charge in [0, 0.05) is 24.2 Å². The zero-order valence-electron chi connectivity index (χ0n) is 19.0. The van der Waals surface area contributed by atoms with Crippen molar-refractivity contribution >= 4 is 26.5 Å². The molecule has 0 radical (unpaired) electrons. The fraction of sp³-hybridized carbons (Fsp3) is 0.417. The molecule has 1 aliphatic heterocycles. The second-order valence-electron chi connectivity index (χ2n) is 9.69. The fourth-order valence-electron chi connectivity index (χ4n) is 4.79. The molecule has 5 rings (SSSR count). The number of benzene rings is 1. The largest absolute Gasteiger partial charge is 0.345 e. The minimum absolute atomic E-state index is 0.0484. The minimum Gasteiger partial charge on any atom is -0.345 e. The summed E-state index contributed by atoms with van der Waals surface area (Å²) in [7, 11) is -3.80. The number of hydrogen-bond acceptors (Lipinski definition) is 5. The van der Waals surface area contributed by atoms with E-state index in [1.54, 1.807) is 18.3 Å². The van der Waals surface area contributed by atoms with Gasteiger partial charge in [-0.2, -0.15) is 0 Å². The van der Waals surface area contributed by atoms with Crippen LogP contribution in [0.3, 0.4) is 0 Å². The summed E-state index contributed by atoms with van der Waals surface area (Å²) in [5.41, 5.74) is 2.86. The van der Waals surface area contributed by atoms with Gasteiger partial charge in [-0.1, -0.05) is 18.2 Å². The molecule has 7 nitrogen and oxygen atoms in total. The monoisotopic (exact) mass is 451 g/mol. The molecule has 0 amide bonds. The number of aromatic nitrogens is 4. The highest BCUT2D eigenvalue weighted by Crippen LogP contribution is 2.35. The Hall–Kier alpha value is -2.71. The second kappa shape index (κ2) is 7.42. The SMILES string of the molecule is Cc1ccccc1S(=O)(=O)c1nc([C@@H]2CCCN(C(C)(C)C)C2)n2c1cnc1[nH]ccc12. The standard InChI is InChI=1S/C24H29N5O2S/c1-16-8-5-6-10-20(16)32(30,31)23-19-14-26-21-18(11-12-25-21)29(19)22(27-23)17-9-7-13-28(15-17)24(2,3)4/h5-6,8,10-12,14,17,25H,7,9,13,15H2,1-4H3/t17-/m1/s1. The molecule has 0 unspecified atom stereocenters. The molecular formula is C24H29N5O2S. The first-order valence-corrected chi connectivity index (χ1v) is 12.6. The lowest BCUT2D eigenvalue weighted by Crippen LogP contribution is -2.46. The van der Waals surface area contributed by atoms with E-state index in [9.17, 15) is 8.42 Å². The summed E-state index contributed by atoms with van der Waals surface area (Å²) in [6.45, 7) is 10.4. The van der Waals surface area contributed by atoms with Crippen molar-refractivity contribution in [1.29, 1.82) is 0 Å². The number of fused-ring (bicyclic) bond motifs is 3. The van der Waals surface area contributed by atoms with Crippen LogP contribution in [0.25, 0.3) is 16.7 Å². The van der Waals surface area contributed by atoms with Crippen LogP contribution in [-0.4, -0.2) is 51.3 Å². The molecule has 1 saturated heterocycles. The van der Waals surface area contributed by atoms with Gasteiger partial charge in [0.15, 0.2) is 10.7 Å². The van der Waals surface area contributed by atoms with E-state index in [-0.39, 0.29) is 16.5 Å². The number of imidazole rings is 1. The highest BCUT2D eigenvalue weighted by Gasteiger charge is 2.34. The molecule has 32 heavy (non-hydrogen) atoms. The molecule has 0 aliphatic carbocycles. The highest BCUT2D eigenvalue weighted by molar-refractivity contribution is 7.91. The van der Waals surface area contributed by atoms with E-state index in [1.807, 2.05) is 35.7 Å². The smallest absolute Gasteiger partial charge is 0.226 e. The van der Waals surface area contributed by atoms with Crippen LogP contribution in [0.1, 0.15) is 50.9 Å². The molecule has 168 valence electrons. The first-order valence-electron chi connectivity index (χ1n) is 11.1. The van der Waals surface area contributed by atoms with Gasteiger partial charge in [-0.25, -0.2) is 18.4 Å². The third-order valence-electron chi connectivity index (χ3n) is 6.54. The lowest BCUT2D eigenvalue weighted by atomic mass is 9.93. The van der Waals surface area contributed by atoms with Gasteiger partial charge in [0.2, 0.25) is 9.84 Å². The van der Waals surface area contributed by atoms with Gasteiger partial charge in [0.1, 0.15) is 11.3 Å². The molecule has 0 saturated carbocycles. The van der Waals surface area contributed by atoms with Gasteiger partial charge in [-0.15, -0.1) is 0 Å². The molecule has 0 bridgehead atoms. The number of piperidine rings is 1.